The van der Waals surface area contributed by atoms with Gasteiger partial charge in [0, 0.05) is 5.56 Å². The van der Waals surface area contributed by atoms with Crippen molar-refractivity contribution in [3.63, 3.8) is 0 Å². The number of aromatic nitrogens is 2. The van der Waals surface area contributed by atoms with E-state index in [9.17, 15) is 4.79 Å². The lowest BCUT2D eigenvalue weighted by molar-refractivity contribution is 0.0976. The van der Waals surface area contributed by atoms with Gasteiger partial charge in [0.15, 0.2) is 0 Å². The number of benzene rings is 2. The Hall–Kier alpha value is -2.95. The number of aryl methyl sites for hydroxylation is 2. The lowest BCUT2D eigenvalue weighted by Gasteiger charge is -2.29. The van der Waals surface area contributed by atoms with Crippen molar-refractivity contribution >= 4 is 22.6 Å². The molecule has 0 atom stereocenters. The smallest absolute Gasteiger partial charge is 0.258 e. The molecule has 5 nitrogen and oxygen atoms in total. The van der Waals surface area contributed by atoms with Crippen molar-refractivity contribution in [2.45, 2.75) is 26.7 Å². The minimum Gasteiger partial charge on any atom is -0.490 e. The van der Waals surface area contributed by atoms with Crippen molar-refractivity contribution in [2.24, 2.45) is 0 Å². The highest BCUT2D eigenvalue weighted by molar-refractivity contribution is 6.08. The molecule has 1 aromatic heterocycles. The quantitative estimate of drug-likeness (QED) is 0.723. The molecule has 132 valence electrons. The van der Waals surface area contributed by atoms with E-state index < -0.39 is 0 Å². The van der Waals surface area contributed by atoms with Crippen LogP contribution in [-0.4, -0.2) is 29.0 Å². The van der Waals surface area contributed by atoms with Crippen LogP contribution in [0.25, 0.3) is 11.0 Å². The topological polar surface area (TPSA) is 55.3 Å². The Labute approximate surface area is 152 Å². The number of ether oxygens (including phenoxy) is 1. The van der Waals surface area contributed by atoms with E-state index in [2.05, 4.69) is 13.8 Å². The summed E-state index contributed by atoms with van der Waals surface area (Å²) in [6, 6.07) is 13.2. The van der Waals surface area contributed by atoms with Gasteiger partial charge < -0.3 is 9.64 Å². The molecule has 2 heterocycles. The molecule has 2 aromatic carbocycles. The Morgan fingerprint density at radius 1 is 1.04 bits per heavy atom. The number of nitrogens with zero attached hydrogens (tertiary/aromatic N) is 3. The summed E-state index contributed by atoms with van der Waals surface area (Å²) in [5, 5.41) is 0. The van der Waals surface area contributed by atoms with E-state index in [0.717, 1.165) is 46.7 Å². The van der Waals surface area contributed by atoms with Crippen LogP contribution in [-0.2, 0) is 12.8 Å². The van der Waals surface area contributed by atoms with Crippen LogP contribution in [0.2, 0.25) is 0 Å². The molecule has 0 N–H and O–H groups in total. The highest BCUT2D eigenvalue weighted by Crippen LogP contribution is 2.32. The normalized spacial score (nSPS) is 13.4. The van der Waals surface area contributed by atoms with Gasteiger partial charge >= 0.3 is 0 Å². The number of carbonyl (C=O) groups is 1. The standard InChI is InChI=1S/C21H21N3O2/c1-3-15-16(4-2)23-18-13-14(9-10-17(18)22-15)21(25)24-11-12-26-20-8-6-5-7-19(20)24/h5-10,13H,3-4,11-12H2,1-2H3. The van der Waals surface area contributed by atoms with Crippen molar-refractivity contribution in [1.29, 1.82) is 0 Å². The fraction of sp³-hybridized carbons (Fsp3) is 0.286. The number of amides is 1. The second kappa shape index (κ2) is 6.75. The molecular weight excluding hydrogens is 326 g/mol. The van der Waals surface area contributed by atoms with Gasteiger partial charge in [-0.15, -0.1) is 0 Å². The zero-order valence-electron chi connectivity index (χ0n) is 15.0. The van der Waals surface area contributed by atoms with Crippen LogP contribution in [0.1, 0.15) is 35.6 Å². The third-order valence-corrected chi connectivity index (χ3v) is 4.71. The Bertz CT molecular complexity index is 984. The van der Waals surface area contributed by atoms with Crippen LogP contribution < -0.4 is 9.64 Å². The summed E-state index contributed by atoms with van der Waals surface area (Å²) >= 11 is 0. The molecule has 0 saturated heterocycles. The first kappa shape index (κ1) is 16.5. The zero-order valence-corrected chi connectivity index (χ0v) is 15.0. The predicted molar refractivity (Wildman–Crippen MR) is 102 cm³/mol. The first-order valence-corrected chi connectivity index (χ1v) is 9.04. The highest BCUT2D eigenvalue weighted by Gasteiger charge is 2.24. The largest absolute Gasteiger partial charge is 0.490 e. The monoisotopic (exact) mass is 347 g/mol. The van der Waals surface area contributed by atoms with Crippen molar-refractivity contribution in [3.8, 4) is 5.75 Å². The maximum Gasteiger partial charge on any atom is 0.258 e. The van der Waals surface area contributed by atoms with Gasteiger partial charge in [0.2, 0.25) is 0 Å². The Morgan fingerprint density at radius 2 is 1.77 bits per heavy atom. The van der Waals surface area contributed by atoms with E-state index in [1.807, 2.05) is 42.5 Å². The number of hydrogen-bond donors (Lipinski definition) is 0. The van der Waals surface area contributed by atoms with Gasteiger partial charge in [0.05, 0.1) is 34.7 Å². The van der Waals surface area contributed by atoms with Crippen molar-refractivity contribution < 1.29 is 9.53 Å². The molecule has 0 saturated carbocycles. The maximum atomic E-state index is 13.1. The molecule has 26 heavy (non-hydrogen) atoms. The number of anilines is 1. The van der Waals surface area contributed by atoms with Gasteiger partial charge in [-0.2, -0.15) is 0 Å². The van der Waals surface area contributed by atoms with Crippen molar-refractivity contribution in [2.75, 3.05) is 18.1 Å². The molecule has 0 unspecified atom stereocenters. The third kappa shape index (κ3) is 2.79. The molecule has 0 radical (unpaired) electrons. The molecule has 1 aliphatic rings. The van der Waals surface area contributed by atoms with E-state index in [1.165, 1.54) is 0 Å². The average molecular weight is 347 g/mol. The summed E-state index contributed by atoms with van der Waals surface area (Å²) < 4.78 is 5.65. The van der Waals surface area contributed by atoms with E-state index in [-0.39, 0.29) is 5.91 Å². The number of hydrogen-bond acceptors (Lipinski definition) is 4. The van der Waals surface area contributed by atoms with E-state index >= 15 is 0 Å². The molecule has 0 aliphatic carbocycles. The third-order valence-electron chi connectivity index (χ3n) is 4.71. The number of para-hydroxylation sites is 2. The Kier molecular flexibility index (Phi) is 4.29. The Morgan fingerprint density at radius 3 is 2.54 bits per heavy atom. The zero-order chi connectivity index (χ0) is 18.1. The molecule has 0 spiro atoms. The lowest BCUT2D eigenvalue weighted by atomic mass is 10.1. The van der Waals surface area contributed by atoms with Crippen LogP contribution >= 0.6 is 0 Å². The van der Waals surface area contributed by atoms with Gasteiger partial charge in [-0.25, -0.2) is 9.97 Å². The Balaban J connectivity index is 1.74. The minimum absolute atomic E-state index is 0.0398. The maximum absolute atomic E-state index is 13.1. The number of fused-ring (bicyclic) bond motifs is 2. The van der Waals surface area contributed by atoms with Gasteiger partial charge in [-0.05, 0) is 43.2 Å². The van der Waals surface area contributed by atoms with Gasteiger partial charge in [-0.3, -0.25) is 4.79 Å². The van der Waals surface area contributed by atoms with E-state index in [0.29, 0.717) is 18.7 Å². The summed E-state index contributed by atoms with van der Waals surface area (Å²) in [6.07, 6.45) is 1.69. The predicted octanol–water partition coefficient (Wildman–Crippen LogP) is 3.79. The van der Waals surface area contributed by atoms with Crippen LogP contribution in [0.3, 0.4) is 0 Å². The summed E-state index contributed by atoms with van der Waals surface area (Å²) in [6.45, 7) is 5.20. The average Bonchev–Trinajstić information content (AvgIpc) is 2.71. The van der Waals surface area contributed by atoms with Gasteiger partial charge in [0.1, 0.15) is 12.4 Å². The fourth-order valence-corrected chi connectivity index (χ4v) is 3.36. The first-order chi connectivity index (χ1) is 12.7. The van der Waals surface area contributed by atoms with E-state index in [4.69, 9.17) is 14.7 Å². The van der Waals surface area contributed by atoms with Crippen LogP contribution in [0, 0.1) is 0 Å². The van der Waals surface area contributed by atoms with Crippen molar-refractivity contribution in [1.82, 2.24) is 9.97 Å². The second-order valence-electron chi connectivity index (χ2n) is 6.30. The minimum atomic E-state index is -0.0398. The van der Waals surface area contributed by atoms with Gasteiger partial charge in [0.25, 0.3) is 5.91 Å². The molecule has 5 heteroatoms. The molecule has 0 bridgehead atoms. The summed E-state index contributed by atoms with van der Waals surface area (Å²) in [7, 11) is 0. The summed E-state index contributed by atoms with van der Waals surface area (Å²) in [5.41, 5.74) is 5.06. The van der Waals surface area contributed by atoms with Crippen molar-refractivity contribution in [3.05, 3.63) is 59.4 Å². The van der Waals surface area contributed by atoms with Crippen LogP contribution in [0.5, 0.6) is 5.75 Å². The van der Waals surface area contributed by atoms with Gasteiger partial charge in [-0.1, -0.05) is 26.0 Å². The number of carbonyl (C=O) groups excluding carboxylic acids is 1. The molecule has 1 amide bonds. The molecule has 4 rings (SSSR count). The SMILES string of the molecule is CCc1nc2ccc(C(=O)N3CCOc4ccccc43)cc2nc1CC. The molecule has 1 aliphatic heterocycles. The van der Waals surface area contributed by atoms with E-state index in [1.54, 1.807) is 4.90 Å². The first-order valence-electron chi connectivity index (χ1n) is 9.04. The number of rotatable bonds is 3. The van der Waals surface area contributed by atoms with Crippen LogP contribution in [0.4, 0.5) is 5.69 Å². The summed E-state index contributed by atoms with van der Waals surface area (Å²) in [4.78, 5) is 24.3. The second-order valence-corrected chi connectivity index (χ2v) is 6.30. The molecule has 3 aromatic rings. The highest BCUT2D eigenvalue weighted by atomic mass is 16.5. The van der Waals surface area contributed by atoms with Crippen LogP contribution in [0.15, 0.2) is 42.5 Å². The fourth-order valence-electron chi connectivity index (χ4n) is 3.36. The lowest BCUT2D eigenvalue weighted by Crippen LogP contribution is -2.37. The molecular formula is C21H21N3O2. The summed E-state index contributed by atoms with van der Waals surface area (Å²) in [5.74, 6) is 0.704. The molecule has 0 fully saturated rings.